The molecule has 0 aliphatic rings. The van der Waals surface area contributed by atoms with E-state index in [0.29, 0.717) is 28.6 Å². The number of hydrogen-bond donors (Lipinski definition) is 1. The van der Waals surface area contributed by atoms with Crippen molar-refractivity contribution in [2.24, 2.45) is 5.10 Å². The van der Waals surface area contributed by atoms with Gasteiger partial charge in [0.25, 0.3) is 11.6 Å². The van der Waals surface area contributed by atoms with Crippen molar-refractivity contribution in [1.82, 2.24) is 5.43 Å². The second kappa shape index (κ2) is 8.70. The van der Waals surface area contributed by atoms with Crippen LogP contribution < -0.4 is 14.9 Å². The Morgan fingerprint density at radius 2 is 1.93 bits per heavy atom. The molecular formula is C20H17N3O6. The van der Waals surface area contributed by atoms with Crippen LogP contribution in [0.4, 0.5) is 5.69 Å². The van der Waals surface area contributed by atoms with Gasteiger partial charge in [0.15, 0.2) is 0 Å². The Hall–Kier alpha value is -4.14. The molecule has 1 aromatic heterocycles. The predicted molar refractivity (Wildman–Crippen MR) is 105 cm³/mol. The largest absolute Gasteiger partial charge is 0.497 e. The van der Waals surface area contributed by atoms with Gasteiger partial charge in [-0.2, -0.15) is 5.10 Å². The first-order valence-corrected chi connectivity index (χ1v) is 8.42. The van der Waals surface area contributed by atoms with Gasteiger partial charge in [0.1, 0.15) is 23.0 Å². The van der Waals surface area contributed by atoms with Crippen LogP contribution in [0.5, 0.6) is 11.5 Å². The standard InChI is InChI=1S/C20H17N3O6/c1-27-13-7-9-16(19(11-13)28-2)20(24)22-21-12-14-8-10-18(29-14)15-5-3-4-6-17(15)23(25)26/h3-12H,1-2H3,(H,22,24). The zero-order chi connectivity index (χ0) is 20.8. The second-order valence-corrected chi connectivity index (χ2v) is 5.74. The lowest BCUT2D eigenvalue weighted by Crippen LogP contribution is -2.18. The third-order valence-corrected chi connectivity index (χ3v) is 4.00. The average Bonchev–Trinajstić information content (AvgIpc) is 3.21. The summed E-state index contributed by atoms with van der Waals surface area (Å²) in [6, 6.07) is 14.2. The minimum atomic E-state index is -0.480. The molecule has 3 rings (SSSR count). The summed E-state index contributed by atoms with van der Waals surface area (Å²) < 4.78 is 15.9. The van der Waals surface area contributed by atoms with E-state index in [9.17, 15) is 14.9 Å². The van der Waals surface area contributed by atoms with E-state index in [0.717, 1.165) is 0 Å². The van der Waals surface area contributed by atoms with Crippen LogP contribution in [-0.2, 0) is 0 Å². The molecule has 0 unspecified atom stereocenters. The minimum absolute atomic E-state index is 0.0646. The van der Waals surface area contributed by atoms with Crippen molar-refractivity contribution in [2.75, 3.05) is 14.2 Å². The quantitative estimate of drug-likeness (QED) is 0.371. The molecule has 0 aliphatic carbocycles. The van der Waals surface area contributed by atoms with Gasteiger partial charge in [0, 0.05) is 12.1 Å². The number of carbonyl (C=O) groups is 1. The molecule has 0 atom stereocenters. The van der Waals surface area contributed by atoms with Crippen molar-refractivity contribution < 1.29 is 23.6 Å². The summed E-state index contributed by atoms with van der Waals surface area (Å²) in [6.45, 7) is 0. The summed E-state index contributed by atoms with van der Waals surface area (Å²) in [5, 5.41) is 15.0. The molecule has 0 spiro atoms. The van der Waals surface area contributed by atoms with Crippen LogP contribution in [0.25, 0.3) is 11.3 Å². The Balaban J connectivity index is 1.73. The van der Waals surface area contributed by atoms with E-state index in [4.69, 9.17) is 13.9 Å². The Morgan fingerprint density at radius 1 is 1.14 bits per heavy atom. The van der Waals surface area contributed by atoms with E-state index >= 15 is 0 Å². The van der Waals surface area contributed by atoms with Crippen LogP contribution in [0.15, 0.2) is 64.1 Å². The molecule has 0 fully saturated rings. The summed E-state index contributed by atoms with van der Waals surface area (Å²) in [4.78, 5) is 23.0. The summed E-state index contributed by atoms with van der Waals surface area (Å²) in [5.74, 6) is 1.06. The van der Waals surface area contributed by atoms with Gasteiger partial charge in [0.05, 0.1) is 36.5 Å². The molecule has 2 aromatic carbocycles. The van der Waals surface area contributed by atoms with Gasteiger partial charge in [-0.05, 0) is 30.3 Å². The molecule has 9 nitrogen and oxygen atoms in total. The van der Waals surface area contributed by atoms with Crippen molar-refractivity contribution in [2.45, 2.75) is 0 Å². The fourth-order valence-corrected chi connectivity index (χ4v) is 2.61. The molecule has 1 amide bonds. The normalized spacial score (nSPS) is 10.7. The van der Waals surface area contributed by atoms with Crippen molar-refractivity contribution in [1.29, 1.82) is 0 Å². The number of ether oxygens (including phenoxy) is 2. The zero-order valence-corrected chi connectivity index (χ0v) is 15.6. The first-order chi connectivity index (χ1) is 14.0. The van der Waals surface area contributed by atoms with Crippen LogP contribution in [0, 0.1) is 10.1 Å². The summed E-state index contributed by atoms with van der Waals surface area (Å²) in [5.41, 5.74) is 2.95. The van der Waals surface area contributed by atoms with E-state index in [1.165, 1.54) is 26.5 Å². The predicted octanol–water partition coefficient (Wildman–Crippen LogP) is 3.64. The highest BCUT2D eigenvalue weighted by molar-refractivity contribution is 5.97. The Morgan fingerprint density at radius 3 is 2.66 bits per heavy atom. The Labute approximate surface area is 165 Å². The van der Waals surface area contributed by atoms with E-state index < -0.39 is 10.8 Å². The molecule has 0 bridgehead atoms. The Bertz CT molecular complexity index is 1070. The lowest BCUT2D eigenvalue weighted by Gasteiger charge is -2.08. The third kappa shape index (κ3) is 4.41. The van der Waals surface area contributed by atoms with Gasteiger partial charge in [-0.25, -0.2) is 5.43 Å². The molecule has 1 heterocycles. The number of nitro groups is 1. The number of carbonyl (C=O) groups excluding carboxylic acids is 1. The number of hydrogen-bond acceptors (Lipinski definition) is 7. The number of benzene rings is 2. The highest BCUT2D eigenvalue weighted by Gasteiger charge is 2.17. The average molecular weight is 395 g/mol. The molecule has 0 aliphatic heterocycles. The maximum absolute atomic E-state index is 12.3. The fraction of sp³-hybridized carbons (Fsp3) is 0.100. The number of methoxy groups -OCH3 is 2. The van der Waals surface area contributed by atoms with Crippen LogP contribution in [0.3, 0.4) is 0 Å². The van der Waals surface area contributed by atoms with Crippen LogP contribution in [0.1, 0.15) is 16.1 Å². The van der Waals surface area contributed by atoms with Crippen LogP contribution in [0.2, 0.25) is 0 Å². The maximum atomic E-state index is 12.3. The monoisotopic (exact) mass is 395 g/mol. The van der Waals surface area contributed by atoms with Gasteiger partial charge in [0.2, 0.25) is 0 Å². The van der Waals surface area contributed by atoms with Crippen molar-refractivity contribution in [3.05, 3.63) is 76.0 Å². The number of nitrogens with one attached hydrogen (secondary N) is 1. The number of hydrazone groups is 1. The lowest BCUT2D eigenvalue weighted by atomic mass is 10.1. The smallest absolute Gasteiger partial charge is 0.280 e. The van der Waals surface area contributed by atoms with Gasteiger partial charge in [-0.15, -0.1) is 0 Å². The third-order valence-electron chi connectivity index (χ3n) is 4.00. The number of amides is 1. The van der Waals surface area contributed by atoms with Crippen molar-refractivity contribution >= 4 is 17.8 Å². The molecule has 9 heteroatoms. The minimum Gasteiger partial charge on any atom is -0.497 e. The first kappa shape index (κ1) is 19.6. The molecule has 0 radical (unpaired) electrons. The summed E-state index contributed by atoms with van der Waals surface area (Å²) in [7, 11) is 2.96. The number of nitro benzene ring substituents is 1. The van der Waals surface area contributed by atoms with Gasteiger partial charge in [-0.3, -0.25) is 14.9 Å². The highest BCUT2D eigenvalue weighted by atomic mass is 16.6. The topological polar surface area (TPSA) is 116 Å². The molecule has 3 aromatic rings. The molecule has 29 heavy (non-hydrogen) atoms. The SMILES string of the molecule is COc1ccc(C(=O)NN=Cc2ccc(-c3ccccc3[N+](=O)[O-])o2)c(OC)c1. The second-order valence-electron chi connectivity index (χ2n) is 5.74. The Kier molecular flexibility index (Phi) is 5.88. The van der Waals surface area contributed by atoms with E-state index in [2.05, 4.69) is 10.5 Å². The van der Waals surface area contributed by atoms with Crippen molar-refractivity contribution in [3.8, 4) is 22.8 Å². The van der Waals surface area contributed by atoms with Gasteiger partial charge >= 0.3 is 0 Å². The van der Waals surface area contributed by atoms with E-state index in [1.54, 1.807) is 48.5 Å². The molecule has 0 saturated carbocycles. The number of rotatable bonds is 7. The van der Waals surface area contributed by atoms with E-state index in [1.807, 2.05) is 0 Å². The summed E-state index contributed by atoms with van der Waals surface area (Å²) >= 11 is 0. The lowest BCUT2D eigenvalue weighted by molar-refractivity contribution is -0.384. The highest BCUT2D eigenvalue weighted by Crippen LogP contribution is 2.30. The molecule has 0 saturated heterocycles. The zero-order valence-electron chi connectivity index (χ0n) is 15.6. The van der Waals surface area contributed by atoms with Crippen LogP contribution in [-0.4, -0.2) is 31.3 Å². The van der Waals surface area contributed by atoms with Crippen LogP contribution >= 0.6 is 0 Å². The van der Waals surface area contributed by atoms with Crippen molar-refractivity contribution in [3.63, 3.8) is 0 Å². The number of para-hydroxylation sites is 1. The maximum Gasteiger partial charge on any atom is 0.280 e. The fourth-order valence-electron chi connectivity index (χ4n) is 2.61. The summed E-state index contributed by atoms with van der Waals surface area (Å²) in [6.07, 6.45) is 1.30. The molecule has 1 N–H and O–H groups in total. The van der Waals surface area contributed by atoms with E-state index in [-0.39, 0.29) is 11.3 Å². The first-order valence-electron chi connectivity index (χ1n) is 8.42. The van der Waals surface area contributed by atoms with Gasteiger partial charge in [-0.1, -0.05) is 12.1 Å². The number of nitrogens with zero attached hydrogens (tertiary/aromatic N) is 2. The number of furan rings is 1. The molecular weight excluding hydrogens is 378 g/mol. The van der Waals surface area contributed by atoms with Gasteiger partial charge < -0.3 is 13.9 Å². The molecule has 148 valence electrons.